The third-order valence-corrected chi connectivity index (χ3v) is 4.00. The van der Waals surface area contributed by atoms with Crippen molar-refractivity contribution in [3.05, 3.63) is 34.7 Å². The fourth-order valence-electron chi connectivity index (χ4n) is 1.69. The van der Waals surface area contributed by atoms with Gasteiger partial charge in [-0.2, -0.15) is 0 Å². The molecule has 2 N–H and O–H groups in total. The van der Waals surface area contributed by atoms with Crippen LogP contribution < -0.4 is 10.5 Å². The van der Waals surface area contributed by atoms with Crippen molar-refractivity contribution >= 4 is 11.3 Å². The summed E-state index contributed by atoms with van der Waals surface area (Å²) in [5, 5.41) is 3.19. The molecule has 1 heterocycles. The minimum absolute atomic E-state index is 0.325. The van der Waals surface area contributed by atoms with E-state index in [1.807, 2.05) is 12.1 Å². The van der Waals surface area contributed by atoms with E-state index in [1.54, 1.807) is 11.3 Å². The molecule has 0 spiro atoms. The molecule has 1 atom stereocenters. The highest BCUT2D eigenvalue weighted by Crippen LogP contribution is 2.27. The van der Waals surface area contributed by atoms with Crippen LogP contribution in [0.2, 0.25) is 0 Å². The Morgan fingerprint density at radius 1 is 1.32 bits per heavy atom. The Balaban J connectivity index is 2.11. The van der Waals surface area contributed by atoms with E-state index < -0.39 is 0 Å². The smallest absolute Gasteiger partial charge is 0.119 e. The van der Waals surface area contributed by atoms with Crippen LogP contribution in [0, 0.1) is 0 Å². The summed E-state index contributed by atoms with van der Waals surface area (Å²) in [6.45, 7) is 5.60. The van der Waals surface area contributed by atoms with Crippen LogP contribution in [0.15, 0.2) is 29.6 Å². The van der Waals surface area contributed by atoms with Crippen LogP contribution >= 0.6 is 11.3 Å². The quantitative estimate of drug-likeness (QED) is 0.876. The molecule has 2 aromatic rings. The molecule has 2 rings (SSSR count). The van der Waals surface area contributed by atoms with E-state index in [4.69, 9.17) is 10.5 Å². The first kappa shape index (κ1) is 14.0. The molecule has 0 saturated heterocycles. The van der Waals surface area contributed by atoms with Crippen LogP contribution in [0.4, 0.5) is 0 Å². The van der Waals surface area contributed by atoms with Crippen LogP contribution in [0.5, 0.6) is 5.75 Å². The molecule has 0 aliphatic heterocycles. The number of nitrogens with two attached hydrogens (primary N) is 1. The summed E-state index contributed by atoms with van der Waals surface area (Å²) in [5.74, 6) is 1.24. The number of nitrogens with zero attached hydrogens (tertiary/aromatic N) is 1. The topological polar surface area (TPSA) is 48.1 Å². The summed E-state index contributed by atoms with van der Waals surface area (Å²) in [6, 6.07) is 8.10. The van der Waals surface area contributed by atoms with Crippen molar-refractivity contribution in [2.75, 3.05) is 13.2 Å². The van der Waals surface area contributed by atoms with Gasteiger partial charge in [-0.3, -0.25) is 0 Å². The van der Waals surface area contributed by atoms with E-state index in [2.05, 4.69) is 36.3 Å². The standard InChI is InChI=1S/C15H20N2OS/c1-3-8-18-13-6-4-12(5-7-13)14-10-19-15(17-14)11(2)9-16/h4-7,10-11H,3,8-9,16H2,1-2H3. The average molecular weight is 276 g/mol. The molecular weight excluding hydrogens is 256 g/mol. The predicted octanol–water partition coefficient (Wildman–Crippen LogP) is 3.66. The molecule has 0 amide bonds. The van der Waals surface area contributed by atoms with Gasteiger partial charge in [0.05, 0.1) is 17.3 Å². The summed E-state index contributed by atoms with van der Waals surface area (Å²) in [5.41, 5.74) is 7.81. The second-order valence-corrected chi connectivity index (χ2v) is 5.47. The van der Waals surface area contributed by atoms with Crippen molar-refractivity contribution in [1.29, 1.82) is 0 Å². The van der Waals surface area contributed by atoms with Gasteiger partial charge in [-0.05, 0) is 30.7 Å². The fraction of sp³-hybridized carbons (Fsp3) is 0.400. The van der Waals surface area contributed by atoms with Gasteiger partial charge in [0.2, 0.25) is 0 Å². The Morgan fingerprint density at radius 3 is 2.68 bits per heavy atom. The van der Waals surface area contributed by atoms with Crippen molar-refractivity contribution < 1.29 is 4.74 Å². The van der Waals surface area contributed by atoms with E-state index in [1.165, 1.54) is 0 Å². The maximum Gasteiger partial charge on any atom is 0.119 e. The lowest BCUT2D eigenvalue weighted by Gasteiger charge is -2.05. The lowest BCUT2D eigenvalue weighted by Crippen LogP contribution is -2.08. The SMILES string of the molecule is CCCOc1ccc(-c2csc(C(C)CN)n2)cc1. The summed E-state index contributed by atoms with van der Waals surface area (Å²) in [7, 11) is 0. The summed E-state index contributed by atoms with van der Waals surface area (Å²) in [4.78, 5) is 4.64. The van der Waals surface area contributed by atoms with E-state index in [0.717, 1.165) is 35.0 Å². The lowest BCUT2D eigenvalue weighted by atomic mass is 10.1. The Hall–Kier alpha value is -1.39. The van der Waals surface area contributed by atoms with Gasteiger partial charge in [0, 0.05) is 23.4 Å². The molecular formula is C15H20N2OS. The molecule has 1 unspecified atom stereocenters. The van der Waals surface area contributed by atoms with Crippen LogP contribution in [-0.2, 0) is 0 Å². The minimum atomic E-state index is 0.325. The molecule has 0 aliphatic rings. The zero-order valence-corrected chi connectivity index (χ0v) is 12.2. The third-order valence-electron chi connectivity index (χ3n) is 2.92. The maximum absolute atomic E-state index is 5.67. The number of hydrogen-bond acceptors (Lipinski definition) is 4. The number of ether oxygens (including phenoxy) is 1. The van der Waals surface area contributed by atoms with E-state index >= 15 is 0 Å². The zero-order valence-electron chi connectivity index (χ0n) is 11.4. The van der Waals surface area contributed by atoms with Crippen molar-refractivity contribution in [2.24, 2.45) is 5.73 Å². The molecule has 4 heteroatoms. The molecule has 1 aromatic heterocycles. The van der Waals surface area contributed by atoms with E-state index in [-0.39, 0.29) is 0 Å². The fourth-order valence-corrected chi connectivity index (χ4v) is 2.59. The molecule has 19 heavy (non-hydrogen) atoms. The van der Waals surface area contributed by atoms with Gasteiger partial charge in [0.15, 0.2) is 0 Å². The Morgan fingerprint density at radius 2 is 2.05 bits per heavy atom. The van der Waals surface area contributed by atoms with Crippen LogP contribution in [0.1, 0.15) is 31.2 Å². The molecule has 0 bridgehead atoms. The third kappa shape index (κ3) is 3.55. The molecule has 102 valence electrons. The summed E-state index contributed by atoms with van der Waals surface area (Å²) >= 11 is 1.67. The van der Waals surface area contributed by atoms with Crippen molar-refractivity contribution in [1.82, 2.24) is 4.98 Å². The Bertz CT molecular complexity index is 507. The highest BCUT2D eigenvalue weighted by Gasteiger charge is 2.09. The van der Waals surface area contributed by atoms with Crippen LogP contribution in [0.3, 0.4) is 0 Å². The maximum atomic E-state index is 5.67. The highest BCUT2D eigenvalue weighted by molar-refractivity contribution is 7.10. The van der Waals surface area contributed by atoms with Gasteiger partial charge in [0.25, 0.3) is 0 Å². The van der Waals surface area contributed by atoms with Crippen molar-refractivity contribution in [3.63, 3.8) is 0 Å². The largest absolute Gasteiger partial charge is 0.494 e. The van der Waals surface area contributed by atoms with E-state index in [9.17, 15) is 0 Å². The molecule has 0 radical (unpaired) electrons. The summed E-state index contributed by atoms with van der Waals surface area (Å²) < 4.78 is 5.57. The van der Waals surface area contributed by atoms with Gasteiger partial charge in [0.1, 0.15) is 5.75 Å². The number of aromatic nitrogens is 1. The summed E-state index contributed by atoms with van der Waals surface area (Å²) in [6.07, 6.45) is 1.02. The van der Waals surface area contributed by atoms with Crippen LogP contribution in [-0.4, -0.2) is 18.1 Å². The predicted molar refractivity (Wildman–Crippen MR) is 80.8 cm³/mol. The zero-order chi connectivity index (χ0) is 13.7. The molecule has 0 fully saturated rings. The van der Waals surface area contributed by atoms with Gasteiger partial charge in [-0.15, -0.1) is 11.3 Å². The first-order valence-electron chi connectivity index (χ1n) is 6.63. The molecule has 1 aromatic carbocycles. The second-order valence-electron chi connectivity index (χ2n) is 4.58. The van der Waals surface area contributed by atoms with Gasteiger partial charge < -0.3 is 10.5 Å². The highest BCUT2D eigenvalue weighted by atomic mass is 32.1. The van der Waals surface area contributed by atoms with Crippen molar-refractivity contribution in [3.8, 4) is 17.0 Å². The van der Waals surface area contributed by atoms with Crippen LogP contribution in [0.25, 0.3) is 11.3 Å². The molecule has 0 saturated carbocycles. The monoisotopic (exact) mass is 276 g/mol. The van der Waals surface area contributed by atoms with Gasteiger partial charge >= 0.3 is 0 Å². The molecule has 3 nitrogen and oxygen atoms in total. The number of thiazole rings is 1. The molecule has 0 aliphatic carbocycles. The number of rotatable bonds is 6. The van der Waals surface area contributed by atoms with Crippen molar-refractivity contribution in [2.45, 2.75) is 26.2 Å². The first-order valence-corrected chi connectivity index (χ1v) is 7.51. The second kappa shape index (κ2) is 6.68. The lowest BCUT2D eigenvalue weighted by molar-refractivity contribution is 0.317. The number of hydrogen-bond donors (Lipinski definition) is 1. The van der Waals surface area contributed by atoms with Gasteiger partial charge in [-0.25, -0.2) is 4.98 Å². The first-order chi connectivity index (χ1) is 9.24. The number of benzene rings is 1. The van der Waals surface area contributed by atoms with E-state index in [0.29, 0.717) is 12.5 Å². The Labute approximate surface area is 118 Å². The van der Waals surface area contributed by atoms with Gasteiger partial charge in [-0.1, -0.05) is 13.8 Å². The normalized spacial score (nSPS) is 12.4. The Kier molecular flexibility index (Phi) is 4.93. The minimum Gasteiger partial charge on any atom is -0.494 e. The average Bonchev–Trinajstić information content (AvgIpc) is 2.94.